The number of benzene rings is 1. The molecule has 0 radical (unpaired) electrons. The first-order valence-corrected chi connectivity index (χ1v) is 9.45. The van der Waals surface area contributed by atoms with E-state index in [0.717, 1.165) is 37.1 Å². The van der Waals surface area contributed by atoms with Gasteiger partial charge in [-0.25, -0.2) is 0 Å². The summed E-state index contributed by atoms with van der Waals surface area (Å²) in [5, 5.41) is 4.13. The van der Waals surface area contributed by atoms with Gasteiger partial charge in [-0.05, 0) is 30.9 Å². The van der Waals surface area contributed by atoms with E-state index in [9.17, 15) is 9.59 Å². The van der Waals surface area contributed by atoms with Gasteiger partial charge in [0.15, 0.2) is 0 Å². The average molecular weight is 355 g/mol. The Labute approximate surface area is 152 Å². The number of aromatic nitrogens is 1. The molecule has 1 aromatic heterocycles. The van der Waals surface area contributed by atoms with Crippen LogP contribution in [-0.2, 0) is 27.3 Å². The second kappa shape index (κ2) is 7.50. The Bertz CT molecular complexity index is 808. The van der Waals surface area contributed by atoms with E-state index >= 15 is 0 Å². The zero-order chi connectivity index (χ0) is 17.9. The zero-order valence-corrected chi connectivity index (χ0v) is 14.9. The quantitative estimate of drug-likeness (QED) is 0.863. The Kier molecular flexibility index (Phi) is 4.93. The molecule has 0 unspecified atom stereocenters. The van der Waals surface area contributed by atoms with Crippen molar-refractivity contribution in [3.05, 3.63) is 35.5 Å². The molecule has 2 N–H and O–H groups in total. The predicted octanol–water partition coefficient (Wildman–Crippen LogP) is 2.13. The lowest BCUT2D eigenvalue weighted by atomic mass is 10.0. The highest BCUT2D eigenvalue weighted by atomic mass is 16.5. The summed E-state index contributed by atoms with van der Waals surface area (Å²) in [6, 6.07) is 8.25. The molecule has 0 saturated carbocycles. The van der Waals surface area contributed by atoms with Crippen LogP contribution in [0.15, 0.2) is 24.3 Å². The minimum absolute atomic E-state index is 0.0431. The molecule has 0 aliphatic carbocycles. The molecule has 6 heteroatoms. The number of hydrogen-bond acceptors (Lipinski definition) is 3. The summed E-state index contributed by atoms with van der Waals surface area (Å²) >= 11 is 0. The molecule has 0 spiro atoms. The maximum atomic E-state index is 12.5. The largest absolute Gasteiger partial charge is 0.376 e. The molecule has 138 valence electrons. The van der Waals surface area contributed by atoms with Crippen LogP contribution in [0.3, 0.4) is 0 Å². The second-order valence-corrected chi connectivity index (χ2v) is 7.13. The van der Waals surface area contributed by atoms with Gasteiger partial charge >= 0.3 is 0 Å². The number of para-hydroxylation sites is 1. The van der Waals surface area contributed by atoms with Crippen molar-refractivity contribution in [3.8, 4) is 0 Å². The number of carbonyl (C=O) groups excluding carboxylic acids is 2. The van der Waals surface area contributed by atoms with Gasteiger partial charge in [-0.15, -0.1) is 0 Å². The highest BCUT2D eigenvalue weighted by Gasteiger charge is 2.24. The van der Waals surface area contributed by atoms with E-state index in [2.05, 4.69) is 22.4 Å². The Morgan fingerprint density at radius 3 is 3.00 bits per heavy atom. The van der Waals surface area contributed by atoms with Gasteiger partial charge in [0.25, 0.3) is 0 Å². The second-order valence-electron chi connectivity index (χ2n) is 7.13. The molecule has 3 heterocycles. The first-order chi connectivity index (χ1) is 12.7. The number of ether oxygens (including phenoxy) is 1. The van der Waals surface area contributed by atoms with Crippen molar-refractivity contribution < 1.29 is 14.3 Å². The minimum atomic E-state index is -0.0721. The fourth-order valence-corrected chi connectivity index (χ4v) is 3.91. The minimum Gasteiger partial charge on any atom is -0.376 e. The molecule has 1 aromatic carbocycles. The topological polar surface area (TPSA) is 74.4 Å². The molecule has 6 nitrogen and oxygen atoms in total. The van der Waals surface area contributed by atoms with Gasteiger partial charge in [0.2, 0.25) is 11.8 Å². The standard InChI is InChI=1S/C20H25N3O3/c24-19(21-12-14-4-3-11-26-14)7-8-20(25)23-10-9-16-15-5-1-2-6-17(15)22-18(16)13-23/h1-2,5-6,14,22H,3-4,7-13H2,(H,21,24)/t14-/m0/s1. The highest BCUT2D eigenvalue weighted by Crippen LogP contribution is 2.27. The van der Waals surface area contributed by atoms with Crippen molar-refractivity contribution in [2.24, 2.45) is 0 Å². The van der Waals surface area contributed by atoms with Gasteiger partial charge in [0.05, 0.1) is 12.6 Å². The monoisotopic (exact) mass is 355 g/mol. The number of amides is 2. The van der Waals surface area contributed by atoms with Gasteiger partial charge in [0, 0.05) is 49.1 Å². The van der Waals surface area contributed by atoms with Crippen LogP contribution < -0.4 is 5.32 Å². The van der Waals surface area contributed by atoms with E-state index in [4.69, 9.17) is 4.74 Å². The van der Waals surface area contributed by atoms with E-state index in [-0.39, 0.29) is 30.8 Å². The molecule has 1 saturated heterocycles. The number of hydrogen-bond donors (Lipinski definition) is 2. The van der Waals surface area contributed by atoms with Gasteiger partial charge in [-0.1, -0.05) is 18.2 Å². The molecule has 26 heavy (non-hydrogen) atoms. The average Bonchev–Trinajstić information content (AvgIpc) is 3.31. The SMILES string of the molecule is O=C(CCC(=O)N1CCc2c([nH]c3ccccc23)C1)NC[C@@H]1CCCO1. The van der Waals surface area contributed by atoms with Crippen LogP contribution in [-0.4, -0.2) is 47.5 Å². The third-order valence-electron chi connectivity index (χ3n) is 5.35. The molecule has 1 fully saturated rings. The number of nitrogens with one attached hydrogen (secondary N) is 2. The highest BCUT2D eigenvalue weighted by molar-refractivity contribution is 5.86. The summed E-state index contributed by atoms with van der Waals surface area (Å²) in [5.74, 6) is -0.0290. The summed E-state index contributed by atoms with van der Waals surface area (Å²) in [6.45, 7) is 2.64. The first-order valence-electron chi connectivity index (χ1n) is 9.45. The van der Waals surface area contributed by atoms with Gasteiger partial charge in [-0.2, -0.15) is 0 Å². The molecular weight excluding hydrogens is 330 g/mol. The molecule has 4 rings (SSSR count). The van der Waals surface area contributed by atoms with Crippen molar-refractivity contribution in [1.29, 1.82) is 0 Å². The lowest BCUT2D eigenvalue weighted by molar-refractivity contribution is -0.134. The number of H-pyrrole nitrogens is 1. The van der Waals surface area contributed by atoms with E-state index in [1.54, 1.807) is 0 Å². The van der Waals surface area contributed by atoms with Gasteiger partial charge in [0.1, 0.15) is 0 Å². The Balaban J connectivity index is 1.28. The van der Waals surface area contributed by atoms with Crippen LogP contribution in [0.4, 0.5) is 0 Å². The van der Waals surface area contributed by atoms with Gasteiger partial charge < -0.3 is 19.9 Å². The molecule has 2 aromatic rings. The van der Waals surface area contributed by atoms with Gasteiger partial charge in [-0.3, -0.25) is 9.59 Å². The molecule has 2 aliphatic rings. The van der Waals surface area contributed by atoms with Crippen LogP contribution in [0.2, 0.25) is 0 Å². The van der Waals surface area contributed by atoms with E-state index in [0.29, 0.717) is 19.6 Å². The van der Waals surface area contributed by atoms with Crippen molar-refractivity contribution in [3.63, 3.8) is 0 Å². The van der Waals surface area contributed by atoms with Crippen LogP contribution in [0.1, 0.15) is 36.9 Å². The van der Waals surface area contributed by atoms with E-state index < -0.39 is 0 Å². The van der Waals surface area contributed by atoms with E-state index in [1.807, 2.05) is 17.0 Å². The lowest BCUT2D eigenvalue weighted by Crippen LogP contribution is -2.37. The molecule has 0 bridgehead atoms. The predicted molar refractivity (Wildman–Crippen MR) is 98.6 cm³/mol. The van der Waals surface area contributed by atoms with Crippen LogP contribution in [0, 0.1) is 0 Å². The van der Waals surface area contributed by atoms with Crippen molar-refractivity contribution >= 4 is 22.7 Å². The number of nitrogens with zero attached hydrogens (tertiary/aromatic N) is 1. The lowest BCUT2D eigenvalue weighted by Gasteiger charge is -2.27. The van der Waals surface area contributed by atoms with Crippen LogP contribution >= 0.6 is 0 Å². The number of aromatic amines is 1. The maximum Gasteiger partial charge on any atom is 0.223 e. The summed E-state index contributed by atoms with van der Waals surface area (Å²) in [7, 11) is 0. The van der Waals surface area contributed by atoms with Crippen molar-refractivity contribution in [2.45, 2.75) is 44.8 Å². The van der Waals surface area contributed by atoms with Crippen LogP contribution in [0.25, 0.3) is 10.9 Å². The van der Waals surface area contributed by atoms with Crippen molar-refractivity contribution in [1.82, 2.24) is 15.2 Å². The normalized spacial score (nSPS) is 19.5. The fraction of sp³-hybridized carbons (Fsp3) is 0.500. The Morgan fingerprint density at radius 2 is 2.15 bits per heavy atom. The molecule has 2 aliphatic heterocycles. The zero-order valence-electron chi connectivity index (χ0n) is 14.9. The first kappa shape index (κ1) is 17.1. The number of rotatable bonds is 5. The summed E-state index contributed by atoms with van der Waals surface area (Å²) in [4.78, 5) is 29.7. The summed E-state index contributed by atoms with van der Waals surface area (Å²) in [5.41, 5.74) is 3.56. The number of fused-ring (bicyclic) bond motifs is 3. The molecule has 1 atom stereocenters. The molecular formula is C20H25N3O3. The summed E-state index contributed by atoms with van der Waals surface area (Å²) < 4.78 is 5.49. The molecule has 2 amide bonds. The van der Waals surface area contributed by atoms with Crippen LogP contribution in [0.5, 0.6) is 0 Å². The Hall–Kier alpha value is -2.34. The third kappa shape index (κ3) is 3.60. The Morgan fingerprint density at radius 1 is 1.27 bits per heavy atom. The number of carbonyl (C=O) groups is 2. The summed E-state index contributed by atoms with van der Waals surface area (Å²) in [6.07, 6.45) is 3.55. The van der Waals surface area contributed by atoms with Crippen molar-refractivity contribution in [2.75, 3.05) is 19.7 Å². The fourth-order valence-electron chi connectivity index (χ4n) is 3.91. The smallest absolute Gasteiger partial charge is 0.223 e. The van der Waals surface area contributed by atoms with E-state index in [1.165, 1.54) is 10.9 Å². The maximum absolute atomic E-state index is 12.5. The third-order valence-corrected chi connectivity index (χ3v) is 5.35.